The van der Waals surface area contributed by atoms with Crippen LogP contribution in [0, 0.1) is 21.4 Å². The number of nitro benzene ring substituents is 1. The van der Waals surface area contributed by atoms with Gasteiger partial charge in [0, 0.05) is 23.1 Å². The third kappa shape index (κ3) is 5.75. The smallest absolute Gasteiger partial charge is 0.434 e. The Morgan fingerprint density at radius 2 is 1.88 bits per heavy atom. The summed E-state index contributed by atoms with van der Waals surface area (Å²) in [5.41, 5.74) is -2.67. The largest absolute Gasteiger partial charge is 0.494 e. The Bertz CT molecular complexity index is 1710. The molecule has 0 fully saturated rings. The monoisotopic (exact) mass is 580 g/mol. The summed E-state index contributed by atoms with van der Waals surface area (Å²) in [7, 11) is 0. The first-order valence-electron chi connectivity index (χ1n) is 12.5. The standard InChI is InChI=1S/C28H23F3N6O5/c1-4-27(28(29,30)31,42-26(38)19-7-9-21(10-8-19)37(39)40)25-16-36(35-34-25)15-18-6-11-22-23(17(3)41-5-2)13-20(14-32)33-24(22)12-18/h6-13,16H,3-5,15H2,1-2H3. The molecule has 4 aromatic rings. The molecule has 14 heteroatoms. The Hall–Kier alpha value is -5.32. The van der Waals surface area contributed by atoms with Gasteiger partial charge in [0.25, 0.3) is 11.3 Å². The molecule has 2 heterocycles. The highest BCUT2D eigenvalue weighted by Crippen LogP contribution is 2.44. The van der Waals surface area contributed by atoms with Crippen LogP contribution in [0.3, 0.4) is 0 Å². The van der Waals surface area contributed by atoms with E-state index in [1.54, 1.807) is 31.2 Å². The number of aromatic nitrogens is 4. The molecule has 4 rings (SSSR count). The number of benzene rings is 2. The Morgan fingerprint density at radius 1 is 1.17 bits per heavy atom. The molecule has 1 unspecified atom stereocenters. The van der Waals surface area contributed by atoms with Crippen LogP contribution in [0.25, 0.3) is 16.7 Å². The number of nitrogens with zero attached hydrogens (tertiary/aromatic N) is 6. The first kappa shape index (κ1) is 29.7. The van der Waals surface area contributed by atoms with E-state index in [1.165, 1.54) is 6.92 Å². The van der Waals surface area contributed by atoms with Gasteiger partial charge in [-0.3, -0.25) is 10.1 Å². The Labute approximate surface area is 236 Å². The molecule has 0 saturated heterocycles. The topological polar surface area (TPSA) is 146 Å². The van der Waals surface area contributed by atoms with Crippen LogP contribution < -0.4 is 0 Å². The fraction of sp³-hybridized carbons (Fsp3) is 0.250. The molecule has 1 atom stereocenters. The first-order valence-corrected chi connectivity index (χ1v) is 12.5. The fourth-order valence-electron chi connectivity index (χ4n) is 4.31. The maximum Gasteiger partial charge on any atom is 0.434 e. The molecule has 216 valence electrons. The number of ether oxygens (including phenoxy) is 2. The molecular weight excluding hydrogens is 557 g/mol. The predicted molar refractivity (Wildman–Crippen MR) is 143 cm³/mol. The number of rotatable bonds is 10. The van der Waals surface area contributed by atoms with Gasteiger partial charge in [-0.1, -0.05) is 30.8 Å². The number of carbonyl (C=O) groups is 1. The van der Waals surface area contributed by atoms with Gasteiger partial charge in [-0.15, -0.1) is 5.10 Å². The van der Waals surface area contributed by atoms with Gasteiger partial charge in [0.2, 0.25) is 0 Å². The summed E-state index contributed by atoms with van der Waals surface area (Å²) >= 11 is 0. The number of hydrogen-bond donors (Lipinski definition) is 0. The van der Waals surface area contributed by atoms with Crippen molar-refractivity contribution in [2.45, 2.75) is 38.6 Å². The molecule has 0 radical (unpaired) electrons. The minimum atomic E-state index is -5.07. The van der Waals surface area contributed by atoms with Gasteiger partial charge in [0.05, 0.1) is 35.4 Å². The van der Waals surface area contributed by atoms with Crippen LogP contribution in [-0.2, 0) is 21.6 Å². The zero-order chi connectivity index (χ0) is 30.7. The summed E-state index contributed by atoms with van der Waals surface area (Å²) in [6.45, 7) is 7.24. The Kier molecular flexibility index (Phi) is 8.23. The highest BCUT2D eigenvalue weighted by atomic mass is 19.4. The first-order chi connectivity index (χ1) is 19.9. The van der Waals surface area contributed by atoms with E-state index in [0.29, 0.717) is 34.4 Å². The second-order valence-corrected chi connectivity index (χ2v) is 9.05. The molecule has 2 aromatic carbocycles. The second-order valence-electron chi connectivity index (χ2n) is 9.05. The number of esters is 1. The van der Waals surface area contributed by atoms with Crippen LogP contribution >= 0.6 is 0 Å². The normalized spacial score (nSPS) is 12.8. The molecule has 0 saturated carbocycles. The molecule has 0 spiro atoms. The summed E-state index contributed by atoms with van der Waals surface area (Å²) < 4.78 is 55.0. The van der Waals surface area contributed by atoms with E-state index in [0.717, 1.165) is 35.1 Å². The van der Waals surface area contributed by atoms with Gasteiger partial charge < -0.3 is 9.47 Å². The van der Waals surface area contributed by atoms with E-state index < -0.39 is 34.8 Å². The summed E-state index contributed by atoms with van der Waals surface area (Å²) in [4.78, 5) is 27.2. The van der Waals surface area contributed by atoms with E-state index in [4.69, 9.17) is 9.47 Å². The number of fused-ring (bicyclic) bond motifs is 1. The molecule has 0 amide bonds. The van der Waals surface area contributed by atoms with Crippen LogP contribution in [0.1, 0.15) is 53.1 Å². The SMILES string of the molecule is C=C(OCC)c1cc(C#N)nc2cc(Cn3cc(C(CC)(OC(=O)c4ccc([N+](=O)[O-])cc4)C(F)(F)F)nn3)ccc12. The number of halogens is 3. The lowest BCUT2D eigenvalue weighted by molar-refractivity contribution is -0.384. The van der Waals surface area contributed by atoms with Crippen LogP contribution in [0.5, 0.6) is 0 Å². The summed E-state index contributed by atoms with van der Waals surface area (Å²) in [6.07, 6.45) is -4.75. The maximum atomic E-state index is 14.5. The number of hydrogen-bond acceptors (Lipinski definition) is 9. The van der Waals surface area contributed by atoms with E-state index in [-0.39, 0.29) is 23.5 Å². The highest BCUT2D eigenvalue weighted by molar-refractivity contribution is 5.91. The van der Waals surface area contributed by atoms with Crippen molar-refractivity contribution >= 4 is 28.3 Å². The van der Waals surface area contributed by atoms with Gasteiger partial charge >= 0.3 is 12.1 Å². The average Bonchev–Trinajstić information content (AvgIpc) is 3.43. The van der Waals surface area contributed by atoms with Crippen LogP contribution in [0.4, 0.5) is 18.9 Å². The predicted octanol–water partition coefficient (Wildman–Crippen LogP) is 5.69. The molecule has 0 aliphatic carbocycles. The Morgan fingerprint density at radius 3 is 2.48 bits per heavy atom. The molecular formula is C28H23F3N6O5. The van der Waals surface area contributed by atoms with Crippen molar-refractivity contribution in [3.05, 3.63) is 99.5 Å². The number of carbonyl (C=O) groups excluding carboxylic acids is 1. The van der Waals surface area contributed by atoms with Crippen LogP contribution in [0.2, 0.25) is 0 Å². The summed E-state index contributed by atoms with van der Waals surface area (Å²) in [5, 5.41) is 28.5. The third-order valence-electron chi connectivity index (χ3n) is 6.44. The average molecular weight is 581 g/mol. The van der Waals surface area contributed by atoms with E-state index in [9.17, 15) is 33.3 Å². The van der Waals surface area contributed by atoms with Gasteiger partial charge in [-0.2, -0.15) is 18.4 Å². The lowest BCUT2D eigenvalue weighted by atomic mass is 9.95. The zero-order valence-electron chi connectivity index (χ0n) is 22.4. The molecule has 0 aliphatic rings. The second kappa shape index (κ2) is 11.7. The lowest BCUT2D eigenvalue weighted by Gasteiger charge is -2.32. The van der Waals surface area contributed by atoms with Gasteiger partial charge in [0.15, 0.2) is 0 Å². The summed E-state index contributed by atoms with van der Waals surface area (Å²) in [5.74, 6) is -0.974. The number of pyridine rings is 1. The van der Waals surface area contributed by atoms with E-state index in [2.05, 4.69) is 21.9 Å². The molecule has 0 bridgehead atoms. The van der Waals surface area contributed by atoms with Crippen molar-refractivity contribution in [1.82, 2.24) is 20.0 Å². The molecule has 42 heavy (non-hydrogen) atoms. The highest BCUT2D eigenvalue weighted by Gasteiger charge is 2.60. The number of alkyl halides is 3. The van der Waals surface area contributed by atoms with Crippen molar-refractivity contribution in [3.63, 3.8) is 0 Å². The number of non-ortho nitro benzene ring substituents is 1. The zero-order valence-corrected chi connectivity index (χ0v) is 22.4. The van der Waals surface area contributed by atoms with Crippen LogP contribution in [-0.4, -0.2) is 43.7 Å². The van der Waals surface area contributed by atoms with E-state index in [1.807, 2.05) is 6.07 Å². The number of nitriles is 1. The van der Waals surface area contributed by atoms with Crippen molar-refractivity contribution in [2.75, 3.05) is 6.61 Å². The van der Waals surface area contributed by atoms with Gasteiger partial charge in [-0.05, 0) is 43.2 Å². The van der Waals surface area contributed by atoms with Crippen molar-refractivity contribution in [1.29, 1.82) is 5.26 Å². The Balaban J connectivity index is 1.65. The maximum absolute atomic E-state index is 14.5. The van der Waals surface area contributed by atoms with Crippen molar-refractivity contribution < 1.29 is 32.4 Å². The minimum absolute atomic E-state index is 0.0168. The molecule has 2 aromatic heterocycles. The van der Waals surface area contributed by atoms with Crippen molar-refractivity contribution in [2.24, 2.45) is 0 Å². The quantitative estimate of drug-likeness (QED) is 0.0999. The van der Waals surface area contributed by atoms with Gasteiger partial charge in [0.1, 0.15) is 23.2 Å². The lowest BCUT2D eigenvalue weighted by Crippen LogP contribution is -2.46. The molecule has 0 aliphatic heterocycles. The van der Waals surface area contributed by atoms with Gasteiger partial charge in [-0.25, -0.2) is 14.5 Å². The molecule has 11 nitrogen and oxygen atoms in total. The third-order valence-corrected chi connectivity index (χ3v) is 6.44. The minimum Gasteiger partial charge on any atom is -0.494 e. The number of nitro groups is 1. The van der Waals surface area contributed by atoms with Crippen molar-refractivity contribution in [3.8, 4) is 6.07 Å². The molecule has 0 N–H and O–H groups in total. The van der Waals surface area contributed by atoms with Crippen LogP contribution in [0.15, 0.2) is 61.3 Å². The summed E-state index contributed by atoms with van der Waals surface area (Å²) in [6, 6.07) is 12.6. The fourth-order valence-corrected chi connectivity index (χ4v) is 4.31. The van der Waals surface area contributed by atoms with E-state index >= 15 is 0 Å².